The van der Waals surface area contributed by atoms with Crippen LogP contribution in [0.3, 0.4) is 0 Å². The molecule has 1 nitrogen and oxygen atoms in total. The zero-order valence-electron chi connectivity index (χ0n) is 19.0. The topological polar surface area (TPSA) is 13.1 Å². The lowest BCUT2D eigenvalue weighted by molar-refractivity contribution is 0.669. The Morgan fingerprint density at radius 1 is 0.343 bits per heavy atom. The molecule has 1 heteroatoms. The van der Waals surface area contributed by atoms with Crippen LogP contribution < -0.4 is 0 Å². The Morgan fingerprint density at radius 2 is 0.971 bits per heavy atom. The zero-order chi connectivity index (χ0) is 22.9. The monoisotopic (exact) mass is 444 g/mol. The van der Waals surface area contributed by atoms with Crippen LogP contribution in [0, 0.1) is 0 Å². The van der Waals surface area contributed by atoms with Crippen LogP contribution in [-0.4, -0.2) is 0 Å². The molecule has 0 saturated heterocycles. The average Bonchev–Trinajstić information content (AvgIpc) is 3.31. The Bertz CT molecular complexity index is 2040. The lowest BCUT2D eigenvalue weighted by Gasteiger charge is -2.17. The lowest BCUT2D eigenvalue weighted by atomic mass is 9.86. The molecule has 0 radical (unpaired) electrons. The van der Waals surface area contributed by atoms with E-state index in [2.05, 4.69) is 109 Å². The first-order chi connectivity index (χ1) is 17.4. The SMILES string of the molecule is c1ccc(-c2ccc3ccc4c(-c5cccc6oc7ccccc7c56)ccc5ccc2c3c54)cc1. The number of fused-ring (bicyclic) bond motifs is 3. The molecule has 162 valence electrons. The third kappa shape index (κ3) is 2.58. The van der Waals surface area contributed by atoms with Gasteiger partial charge in [0.2, 0.25) is 0 Å². The predicted octanol–water partition coefficient (Wildman–Crippen LogP) is 9.82. The minimum atomic E-state index is 0.931. The van der Waals surface area contributed by atoms with E-state index < -0.39 is 0 Å². The Hall–Kier alpha value is -4.62. The molecule has 1 aromatic heterocycles. The fraction of sp³-hybridized carbons (Fsp3) is 0. The molecule has 0 aliphatic heterocycles. The molecule has 0 spiro atoms. The number of hydrogen-bond acceptors (Lipinski definition) is 1. The number of rotatable bonds is 2. The van der Waals surface area contributed by atoms with E-state index in [0.29, 0.717) is 0 Å². The van der Waals surface area contributed by atoms with Gasteiger partial charge in [-0.2, -0.15) is 0 Å². The van der Waals surface area contributed by atoms with Crippen molar-refractivity contribution in [3.8, 4) is 22.3 Å². The second kappa shape index (κ2) is 6.94. The van der Waals surface area contributed by atoms with Crippen LogP contribution in [0.5, 0.6) is 0 Å². The van der Waals surface area contributed by atoms with Crippen LogP contribution in [0.1, 0.15) is 0 Å². The molecule has 0 N–H and O–H groups in total. The molecule has 0 bridgehead atoms. The third-order valence-corrected chi connectivity index (χ3v) is 7.44. The summed E-state index contributed by atoms with van der Waals surface area (Å²) in [5, 5.41) is 10.2. The van der Waals surface area contributed by atoms with E-state index in [1.54, 1.807) is 0 Å². The number of furan rings is 1. The Morgan fingerprint density at radius 3 is 1.77 bits per heavy atom. The Kier molecular flexibility index (Phi) is 3.72. The maximum absolute atomic E-state index is 6.20. The minimum Gasteiger partial charge on any atom is -0.456 e. The lowest BCUT2D eigenvalue weighted by Crippen LogP contribution is -1.89. The van der Waals surface area contributed by atoms with Gasteiger partial charge < -0.3 is 4.42 Å². The van der Waals surface area contributed by atoms with Crippen molar-refractivity contribution in [1.82, 2.24) is 0 Å². The first kappa shape index (κ1) is 18.8. The third-order valence-electron chi connectivity index (χ3n) is 7.44. The van der Waals surface area contributed by atoms with Gasteiger partial charge in [-0.3, -0.25) is 0 Å². The average molecular weight is 445 g/mol. The maximum atomic E-state index is 6.20. The van der Waals surface area contributed by atoms with Gasteiger partial charge in [-0.25, -0.2) is 0 Å². The van der Waals surface area contributed by atoms with Gasteiger partial charge in [-0.15, -0.1) is 0 Å². The van der Waals surface area contributed by atoms with Crippen molar-refractivity contribution in [2.24, 2.45) is 0 Å². The van der Waals surface area contributed by atoms with Gasteiger partial charge in [0.05, 0.1) is 0 Å². The number of benzene rings is 7. The highest BCUT2D eigenvalue weighted by molar-refractivity contribution is 6.28. The van der Waals surface area contributed by atoms with Gasteiger partial charge in [0.25, 0.3) is 0 Å². The highest BCUT2D eigenvalue weighted by Gasteiger charge is 2.17. The maximum Gasteiger partial charge on any atom is 0.136 e. The van der Waals surface area contributed by atoms with E-state index in [4.69, 9.17) is 4.42 Å². The highest BCUT2D eigenvalue weighted by atomic mass is 16.3. The molecular weight excluding hydrogens is 424 g/mol. The van der Waals surface area contributed by atoms with Crippen molar-refractivity contribution in [3.05, 3.63) is 121 Å². The summed E-state index contributed by atoms with van der Waals surface area (Å²) < 4.78 is 6.20. The molecule has 0 atom stereocenters. The van der Waals surface area contributed by atoms with Crippen molar-refractivity contribution >= 4 is 54.3 Å². The van der Waals surface area contributed by atoms with Crippen LogP contribution >= 0.6 is 0 Å². The molecular formula is C34H20O. The Balaban J connectivity index is 1.51. The van der Waals surface area contributed by atoms with Gasteiger partial charge in [0.1, 0.15) is 11.2 Å². The van der Waals surface area contributed by atoms with Crippen molar-refractivity contribution < 1.29 is 4.42 Å². The minimum absolute atomic E-state index is 0.931. The van der Waals surface area contributed by atoms with Gasteiger partial charge in [-0.1, -0.05) is 109 Å². The quantitative estimate of drug-likeness (QED) is 0.242. The standard InChI is InChI=1S/C34H20O/c1-2-7-21(8-3-1)24-17-13-22-16-20-28-25(18-14-23-15-19-27(24)32(22)33(23)28)26-10-6-12-31-34(26)29-9-4-5-11-30(29)35-31/h1-20H. The van der Waals surface area contributed by atoms with Crippen molar-refractivity contribution in [2.45, 2.75) is 0 Å². The molecule has 8 rings (SSSR count). The first-order valence-corrected chi connectivity index (χ1v) is 12.0. The summed E-state index contributed by atoms with van der Waals surface area (Å²) in [6.07, 6.45) is 0. The smallest absolute Gasteiger partial charge is 0.136 e. The van der Waals surface area contributed by atoms with E-state index in [1.807, 2.05) is 12.1 Å². The summed E-state index contributed by atoms with van der Waals surface area (Å²) in [6, 6.07) is 43.6. The van der Waals surface area contributed by atoms with Gasteiger partial charge in [0, 0.05) is 10.8 Å². The second-order valence-electron chi connectivity index (χ2n) is 9.29. The molecule has 1 heterocycles. The molecule has 0 amide bonds. The molecule has 35 heavy (non-hydrogen) atoms. The van der Waals surface area contributed by atoms with Crippen molar-refractivity contribution in [1.29, 1.82) is 0 Å². The summed E-state index contributed by atoms with van der Waals surface area (Å²) in [7, 11) is 0. The van der Waals surface area contributed by atoms with Crippen molar-refractivity contribution in [2.75, 3.05) is 0 Å². The van der Waals surface area contributed by atoms with Crippen LogP contribution in [0.25, 0.3) is 76.5 Å². The molecule has 8 aromatic rings. The normalized spacial score (nSPS) is 12.0. The highest BCUT2D eigenvalue weighted by Crippen LogP contribution is 2.44. The molecule has 0 aliphatic carbocycles. The molecule has 7 aromatic carbocycles. The summed E-state index contributed by atoms with van der Waals surface area (Å²) in [4.78, 5) is 0. The predicted molar refractivity (Wildman–Crippen MR) is 148 cm³/mol. The van der Waals surface area contributed by atoms with E-state index in [-0.39, 0.29) is 0 Å². The molecule has 0 saturated carbocycles. The summed E-state index contributed by atoms with van der Waals surface area (Å²) in [6.45, 7) is 0. The van der Waals surface area contributed by atoms with Gasteiger partial charge in [0.15, 0.2) is 0 Å². The number of hydrogen-bond donors (Lipinski definition) is 0. The molecule has 0 unspecified atom stereocenters. The fourth-order valence-corrected chi connectivity index (χ4v) is 5.90. The van der Waals surface area contributed by atoms with E-state index in [1.165, 1.54) is 60.0 Å². The zero-order valence-corrected chi connectivity index (χ0v) is 19.0. The van der Waals surface area contributed by atoms with Crippen LogP contribution in [0.2, 0.25) is 0 Å². The summed E-state index contributed by atoms with van der Waals surface area (Å²) >= 11 is 0. The fourth-order valence-electron chi connectivity index (χ4n) is 5.90. The van der Waals surface area contributed by atoms with Crippen LogP contribution in [-0.2, 0) is 0 Å². The van der Waals surface area contributed by atoms with E-state index in [0.717, 1.165) is 16.6 Å². The van der Waals surface area contributed by atoms with Crippen LogP contribution in [0.15, 0.2) is 126 Å². The Labute approximate surface area is 202 Å². The largest absolute Gasteiger partial charge is 0.456 e. The van der Waals surface area contributed by atoms with Crippen LogP contribution in [0.4, 0.5) is 0 Å². The van der Waals surface area contributed by atoms with Gasteiger partial charge >= 0.3 is 0 Å². The second-order valence-corrected chi connectivity index (χ2v) is 9.29. The van der Waals surface area contributed by atoms with Crippen molar-refractivity contribution in [3.63, 3.8) is 0 Å². The summed E-state index contributed by atoms with van der Waals surface area (Å²) in [5.41, 5.74) is 6.85. The summed E-state index contributed by atoms with van der Waals surface area (Å²) in [5.74, 6) is 0. The van der Waals surface area contributed by atoms with Gasteiger partial charge in [-0.05, 0) is 66.7 Å². The van der Waals surface area contributed by atoms with E-state index >= 15 is 0 Å². The molecule has 0 aliphatic rings. The molecule has 0 fully saturated rings. The first-order valence-electron chi connectivity index (χ1n) is 12.0. The number of para-hydroxylation sites is 1. The van der Waals surface area contributed by atoms with E-state index in [9.17, 15) is 0 Å².